The maximum absolute atomic E-state index is 13.4. The summed E-state index contributed by atoms with van der Waals surface area (Å²) < 4.78 is 5.22. The average molecular weight is 376 g/mol. The van der Waals surface area contributed by atoms with Crippen molar-refractivity contribution < 1.29 is 29.3 Å². The van der Waals surface area contributed by atoms with Gasteiger partial charge in [0.1, 0.15) is 6.10 Å². The number of ketones is 2. The predicted octanol–water partition coefficient (Wildman–Crippen LogP) is 1.57. The minimum absolute atomic E-state index is 0.111. The second-order valence-electron chi connectivity index (χ2n) is 9.91. The lowest BCUT2D eigenvalue weighted by molar-refractivity contribution is -0.164. The van der Waals surface area contributed by atoms with Crippen LogP contribution in [0.1, 0.15) is 53.4 Å². The van der Waals surface area contributed by atoms with Crippen LogP contribution in [0.15, 0.2) is 11.1 Å². The maximum atomic E-state index is 13.4. The highest BCUT2D eigenvalue weighted by molar-refractivity contribution is 6.19. The first-order chi connectivity index (χ1) is 12.5. The van der Waals surface area contributed by atoms with E-state index in [4.69, 9.17) is 4.74 Å². The van der Waals surface area contributed by atoms with Gasteiger partial charge in [0.25, 0.3) is 6.47 Å². The number of Topliss-reactive ketones (excluding diaryl/α,β-unsaturated/α-hetero) is 2. The molecule has 0 aliphatic heterocycles. The van der Waals surface area contributed by atoms with Crippen LogP contribution in [0.4, 0.5) is 0 Å². The molecule has 4 rings (SSSR count). The van der Waals surface area contributed by atoms with E-state index in [-0.39, 0.29) is 35.1 Å². The number of rotatable bonds is 2. The molecule has 2 saturated carbocycles. The summed E-state index contributed by atoms with van der Waals surface area (Å²) >= 11 is 0. The van der Waals surface area contributed by atoms with Gasteiger partial charge in [-0.05, 0) is 30.6 Å². The van der Waals surface area contributed by atoms with Gasteiger partial charge in [-0.1, -0.05) is 34.1 Å². The first kappa shape index (κ1) is 18.8. The molecule has 0 unspecified atom stereocenters. The molecule has 1 spiro atoms. The lowest BCUT2D eigenvalue weighted by Gasteiger charge is -2.58. The number of hydrogen-bond donors (Lipinski definition) is 2. The number of hydrogen-bond acceptors (Lipinski definition) is 6. The standard InChI is InChI=1S/C21H28O6/c1-10-8-21(10)17(25)11-12(13(23)18(21)26)20(4)7-5-6-19(2,3)16(20)14(24)15(11)27-9-22/h9-10,14-16,18,24,26H,5-8H2,1-4H3/t10-,14+,15-,16-,18-,20+,21+/m0/s1. The van der Waals surface area contributed by atoms with Crippen LogP contribution in [-0.4, -0.2) is 46.6 Å². The second kappa shape index (κ2) is 5.51. The quantitative estimate of drug-likeness (QED) is 0.710. The molecule has 148 valence electrons. The van der Waals surface area contributed by atoms with Gasteiger partial charge in [-0.25, -0.2) is 0 Å². The molecule has 7 atom stereocenters. The number of aliphatic hydroxyl groups is 2. The van der Waals surface area contributed by atoms with Crippen LogP contribution in [0.5, 0.6) is 0 Å². The molecule has 6 heteroatoms. The van der Waals surface area contributed by atoms with Gasteiger partial charge in [0.05, 0.1) is 11.5 Å². The normalized spacial score (nSPS) is 48.1. The van der Waals surface area contributed by atoms with Crippen LogP contribution >= 0.6 is 0 Å². The van der Waals surface area contributed by atoms with Gasteiger partial charge in [-0.2, -0.15) is 0 Å². The molecule has 2 N–H and O–H groups in total. The van der Waals surface area contributed by atoms with Crippen molar-refractivity contribution in [2.45, 2.75) is 71.7 Å². The van der Waals surface area contributed by atoms with E-state index < -0.39 is 34.9 Å². The molecule has 0 radical (unpaired) electrons. The van der Waals surface area contributed by atoms with Crippen molar-refractivity contribution in [1.29, 1.82) is 0 Å². The molecule has 27 heavy (non-hydrogen) atoms. The van der Waals surface area contributed by atoms with Gasteiger partial charge in [0, 0.05) is 22.5 Å². The molecule has 0 heterocycles. The molecule has 0 aromatic carbocycles. The molecule has 4 aliphatic carbocycles. The predicted molar refractivity (Wildman–Crippen MR) is 95.4 cm³/mol. The molecule has 4 aliphatic rings. The van der Waals surface area contributed by atoms with Crippen LogP contribution in [0.2, 0.25) is 0 Å². The lowest BCUT2D eigenvalue weighted by atomic mass is 9.46. The Labute approximate surface area is 159 Å². The Hall–Kier alpha value is -1.53. The summed E-state index contributed by atoms with van der Waals surface area (Å²) in [6.07, 6.45) is -0.749. The highest BCUT2D eigenvalue weighted by atomic mass is 16.5. The van der Waals surface area contributed by atoms with E-state index in [1.807, 2.05) is 27.7 Å². The highest BCUT2D eigenvalue weighted by Crippen LogP contribution is 2.66. The van der Waals surface area contributed by atoms with Crippen molar-refractivity contribution >= 4 is 18.0 Å². The van der Waals surface area contributed by atoms with Crippen molar-refractivity contribution in [2.75, 3.05) is 0 Å². The third-order valence-corrected chi connectivity index (χ3v) is 8.04. The fourth-order valence-corrected chi connectivity index (χ4v) is 6.76. The minimum atomic E-state index is -1.35. The monoisotopic (exact) mass is 376 g/mol. The summed E-state index contributed by atoms with van der Waals surface area (Å²) in [5, 5.41) is 22.0. The molecule has 0 amide bonds. The Morgan fingerprint density at radius 3 is 2.33 bits per heavy atom. The summed E-state index contributed by atoms with van der Waals surface area (Å²) in [5.41, 5.74) is -1.73. The zero-order valence-corrected chi connectivity index (χ0v) is 16.3. The van der Waals surface area contributed by atoms with Crippen molar-refractivity contribution in [3.8, 4) is 0 Å². The second-order valence-corrected chi connectivity index (χ2v) is 9.91. The van der Waals surface area contributed by atoms with Crippen molar-refractivity contribution in [3.05, 3.63) is 11.1 Å². The molecule has 0 aromatic rings. The van der Waals surface area contributed by atoms with Crippen molar-refractivity contribution in [1.82, 2.24) is 0 Å². The van der Waals surface area contributed by atoms with E-state index in [9.17, 15) is 24.6 Å². The number of fused-ring (bicyclic) bond motifs is 2. The smallest absolute Gasteiger partial charge is 0.293 e. The number of carbonyl (C=O) groups excluding carboxylic acids is 3. The molecule has 6 nitrogen and oxygen atoms in total. The van der Waals surface area contributed by atoms with E-state index >= 15 is 0 Å². The van der Waals surface area contributed by atoms with Crippen molar-refractivity contribution in [3.63, 3.8) is 0 Å². The largest absolute Gasteiger partial charge is 0.457 e. The van der Waals surface area contributed by atoms with Crippen molar-refractivity contribution in [2.24, 2.45) is 28.1 Å². The summed E-state index contributed by atoms with van der Waals surface area (Å²) in [7, 11) is 0. The van der Waals surface area contributed by atoms with Gasteiger partial charge in [-0.3, -0.25) is 14.4 Å². The Balaban J connectivity index is 1.98. The highest BCUT2D eigenvalue weighted by Gasteiger charge is 2.72. The fourth-order valence-electron chi connectivity index (χ4n) is 6.76. The van der Waals surface area contributed by atoms with Crippen LogP contribution in [0.3, 0.4) is 0 Å². The van der Waals surface area contributed by atoms with E-state index in [2.05, 4.69) is 0 Å². The maximum Gasteiger partial charge on any atom is 0.293 e. The van der Waals surface area contributed by atoms with E-state index in [1.54, 1.807) is 0 Å². The van der Waals surface area contributed by atoms with E-state index in [1.165, 1.54) is 0 Å². The number of aliphatic hydroxyl groups excluding tert-OH is 2. The SMILES string of the molecule is C[C@H]1C[C@]12C(=O)C1=C(C(=O)[C@@H]2O)[C@@]2(C)CCCC(C)(C)[C@@H]2[C@H](O)[C@H]1OC=O. The average Bonchev–Trinajstić information content (AvgIpc) is 3.25. The topological polar surface area (TPSA) is 101 Å². The minimum Gasteiger partial charge on any atom is -0.457 e. The first-order valence-corrected chi connectivity index (χ1v) is 9.83. The number of ether oxygens (including phenoxy) is 1. The van der Waals surface area contributed by atoms with E-state index in [0.717, 1.165) is 12.8 Å². The summed E-state index contributed by atoms with van der Waals surface area (Å²) in [4.78, 5) is 38.0. The third-order valence-electron chi connectivity index (χ3n) is 8.04. The van der Waals surface area contributed by atoms with Gasteiger partial charge in [-0.15, -0.1) is 0 Å². The molecule has 0 bridgehead atoms. The Bertz CT molecular complexity index is 767. The third kappa shape index (κ3) is 2.11. The first-order valence-electron chi connectivity index (χ1n) is 9.83. The molecular weight excluding hydrogens is 348 g/mol. The molecule has 0 saturated heterocycles. The molecule has 0 aromatic heterocycles. The van der Waals surface area contributed by atoms with Gasteiger partial charge < -0.3 is 14.9 Å². The molecular formula is C21H28O6. The lowest BCUT2D eigenvalue weighted by Crippen LogP contribution is -2.63. The van der Waals surface area contributed by atoms with Gasteiger partial charge in [0.2, 0.25) is 0 Å². The Morgan fingerprint density at radius 2 is 1.78 bits per heavy atom. The van der Waals surface area contributed by atoms with Crippen LogP contribution < -0.4 is 0 Å². The summed E-state index contributed by atoms with van der Waals surface area (Å²) in [6, 6.07) is 0. The fraction of sp³-hybridized carbons (Fsp3) is 0.762. The van der Waals surface area contributed by atoms with Gasteiger partial charge >= 0.3 is 0 Å². The molecule has 2 fully saturated rings. The number of carbonyl (C=O) groups is 3. The van der Waals surface area contributed by atoms with E-state index in [0.29, 0.717) is 18.4 Å². The van der Waals surface area contributed by atoms with Crippen LogP contribution in [-0.2, 0) is 19.1 Å². The Kier molecular flexibility index (Phi) is 3.84. The summed E-state index contributed by atoms with van der Waals surface area (Å²) in [6.45, 7) is 8.07. The van der Waals surface area contributed by atoms with Gasteiger partial charge in [0.15, 0.2) is 17.7 Å². The summed E-state index contributed by atoms with van der Waals surface area (Å²) in [5.74, 6) is -1.21. The van der Waals surface area contributed by atoms with Crippen LogP contribution in [0.25, 0.3) is 0 Å². The zero-order valence-electron chi connectivity index (χ0n) is 16.3. The van der Waals surface area contributed by atoms with Crippen LogP contribution in [0, 0.1) is 28.1 Å². The Morgan fingerprint density at radius 1 is 1.15 bits per heavy atom. The zero-order chi connectivity index (χ0) is 19.9.